The third kappa shape index (κ3) is 4.48. The lowest BCUT2D eigenvalue weighted by molar-refractivity contribution is -0.274. The van der Waals surface area contributed by atoms with Gasteiger partial charge in [0.2, 0.25) is 0 Å². The highest BCUT2D eigenvalue weighted by Crippen LogP contribution is 2.32. The molecule has 2 rings (SSSR count). The summed E-state index contributed by atoms with van der Waals surface area (Å²) in [5.41, 5.74) is 0.484. The molecule has 0 saturated carbocycles. The predicted octanol–water partition coefficient (Wildman–Crippen LogP) is 3.34. The van der Waals surface area contributed by atoms with Gasteiger partial charge in [0.15, 0.2) is 0 Å². The van der Waals surface area contributed by atoms with Gasteiger partial charge >= 0.3 is 6.36 Å². The lowest BCUT2D eigenvalue weighted by Crippen LogP contribution is -2.18. The van der Waals surface area contributed by atoms with Gasteiger partial charge in [-0.25, -0.2) is 5.26 Å². The summed E-state index contributed by atoms with van der Waals surface area (Å²) < 4.78 is 45.8. The number of ether oxygens (including phenoxy) is 2. The number of anilines is 1. The van der Waals surface area contributed by atoms with Crippen LogP contribution in [0.15, 0.2) is 18.2 Å². The summed E-state index contributed by atoms with van der Waals surface area (Å²) in [5, 5.41) is 12.0. The Morgan fingerprint density at radius 2 is 2.05 bits per heavy atom. The molecule has 1 N–H and O–H groups in total. The van der Waals surface area contributed by atoms with Crippen molar-refractivity contribution in [1.82, 2.24) is 0 Å². The summed E-state index contributed by atoms with van der Waals surface area (Å²) in [4.78, 5) is 0. The van der Waals surface area contributed by atoms with Crippen molar-refractivity contribution in [2.24, 2.45) is 0 Å². The Kier molecular flexibility index (Phi) is 4.51. The van der Waals surface area contributed by atoms with Crippen LogP contribution in [0.3, 0.4) is 0 Å². The highest BCUT2D eigenvalue weighted by atomic mass is 19.4. The first-order valence-corrected chi connectivity index (χ1v) is 6.50. The van der Waals surface area contributed by atoms with Crippen LogP contribution in [0.4, 0.5) is 18.9 Å². The Morgan fingerprint density at radius 3 is 2.62 bits per heavy atom. The molecule has 1 atom stereocenters. The zero-order valence-corrected chi connectivity index (χ0v) is 11.4. The van der Waals surface area contributed by atoms with E-state index in [0.29, 0.717) is 12.0 Å². The quantitative estimate of drug-likeness (QED) is 0.866. The van der Waals surface area contributed by atoms with Crippen molar-refractivity contribution in [3.63, 3.8) is 0 Å². The number of nitrogens with one attached hydrogen (secondary N) is 1. The first-order chi connectivity index (χ1) is 9.89. The first kappa shape index (κ1) is 15.4. The van der Waals surface area contributed by atoms with E-state index < -0.39 is 6.36 Å². The van der Waals surface area contributed by atoms with Gasteiger partial charge in [-0.05, 0) is 12.7 Å². The topological polar surface area (TPSA) is 54.3 Å². The standard InChI is InChI=1S/C13H14BF3N2O2/c1-20-11-4-10(5-12(6-11)21-13(15,16)17)19-9-2-3-14(7-9)8-18/h4-6,9,19H,2-3,7H2,1H3. The molecule has 8 heteroatoms. The molecule has 21 heavy (non-hydrogen) atoms. The maximum atomic E-state index is 12.3. The minimum atomic E-state index is -4.75. The van der Waals surface area contributed by atoms with Gasteiger partial charge in [-0.2, -0.15) is 0 Å². The lowest BCUT2D eigenvalue weighted by Gasteiger charge is -2.17. The molecule has 0 spiro atoms. The van der Waals surface area contributed by atoms with Crippen molar-refractivity contribution in [2.75, 3.05) is 12.4 Å². The predicted molar refractivity (Wildman–Crippen MR) is 72.7 cm³/mol. The molecule has 1 aliphatic rings. The molecule has 0 radical (unpaired) electrons. The average Bonchev–Trinajstić information content (AvgIpc) is 2.84. The maximum absolute atomic E-state index is 12.3. The van der Waals surface area contributed by atoms with Crippen molar-refractivity contribution < 1.29 is 22.6 Å². The van der Waals surface area contributed by atoms with Crippen LogP contribution in [-0.2, 0) is 0 Å². The number of nitriles is 1. The number of methoxy groups -OCH3 is 1. The van der Waals surface area contributed by atoms with Crippen molar-refractivity contribution in [3.05, 3.63) is 18.2 Å². The van der Waals surface area contributed by atoms with E-state index in [1.54, 1.807) is 6.07 Å². The second-order valence-corrected chi connectivity index (χ2v) is 4.93. The summed E-state index contributed by atoms with van der Waals surface area (Å²) in [5.74, 6) is 2.14. The van der Waals surface area contributed by atoms with Crippen LogP contribution in [0, 0.1) is 11.2 Å². The minimum absolute atomic E-state index is 0.000923. The van der Waals surface area contributed by atoms with E-state index in [4.69, 9.17) is 10.00 Å². The summed E-state index contributed by atoms with van der Waals surface area (Å²) in [6.45, 7) is -0.000923. The van der Waals surface area contributed by atoms with Crippen molar-refractivity contribution in [2.45, 2.75) is 31.5 Å². The van der Waals surface area contributed by atoms with Crippen LogP contribution in [0.25, 0.3) is 0 Å². The smallest absolute Gasteiger partial charge is 0.497 e. The molecule has 4 nitrogen and oxygen atoms in total. The van der Waals surface area contributed by atoms with Crippen LogP contribution in [0.2, 0.25) is 12.6 Å². The van der Waals surface area contributed by atoms with Crippen molar-refractivity contribution >= 4 is 12.4 Å². The largest absolute Gasteiger partial charge is 0.573 e. The van der Waals surface area contributed by atoms with Gasteiger partial charge in [-0.3, -0.25) is 0 Å². The molecule has 1 aliphatic heterocycles. The molecule has 0 amide bonds. The van der Waals surface area contributed by atoms with Gasteiger partial charge in [-0.15, -0.1) is 13.2 Å². The van der Waals surface area contributed by atoms with Gasteiger partial charge in [0.05, 0.1) is 7.11 Å². The zero-order valence-electron chi connectivity index (χ0n) is 11.4. The molecule has 112 valence electrons. The lowest BCUT2D eigenvalue weighted by atomic mass is 9.50. The fourth-order valence-corrected chi connectivity index (χ4v) is 2.43. The molecule has 1 heterocycles. The third-order valence-electron chi connectivity index (χ3n) is 3.34. The number of halogens is 3. The fraction of sp³-hybridized carbons (Fsp3) is 0.462. The molecule has 1 fully saturated rings. The number of alkyl halides is 3. The summed E-state index contributed by atoms with van der Waals surface area (Å²) >= 11 is 0. The second kappa shape index (κ2) is 6.16. The van der Waals surface area contributed by atoms with Crippen molar-refractivity contribution in [3.8, 4) is 17.5 Å². The van der Waals surface area contributed by atoms with Gasteiger partial charge in [-0.1, -0.05) is 6.32 Å². The Hall–Kier alpha value is -2.04. The molecular weight excluding hydrogens is 284 g/mol. The molecule has 0 aliphatic carbocycles. The highest BCUT2D eigenvalue weighted by Gasteiger charge is 2.32. The van der Waals surface area contributed by atoms with E-state index in [0.717, 1.165) is 12.7 Å². The van der Waals surface area contributed by atoms with Gasteiger partial charge in [0, 0.05) is 35.9 Å². The molecule has 1 aromatic carbocycles. The fourth-order valence-electron chi connectivity index (χ4n) is 2.43. The SMILES string of the molecule is COc1cc(NC2CCB(C#N)C2)cc(OC(F)(F)F)c1. The van der Waals surface area contributed by atoms with Crippen LogP contribution >= 0.6 is 0 Å². The Bertz CT molecular complexity index is 545. The number of nitrogens with zero attached hydrogens (tertiary/aromatic N) is 1. The van der Waals surface area contributed by atoms with E-state index in [1.807, 2.05) is 0 Å². The Morgan fingerprint density at radius 1 is 1.33 bits per heavy atom. The highest BCUT2D eigenvalue weighted by molar-refractivity contribution is 6.67. The minimum Gasteiger partial charge on any atom is -0.497 e. The molecule has 0 bridgehead atoms. The number of hydrogen-bond acceptors (Lipinski definition) is 4. The molecule has 0 aromatic heterocycles. The number of rotatable bonds is 4. The van der Waals surface area contributed by atoms with E-state index in [9.17, 15) is 13.2 Å². The normalized spacial score (nSPS) is 18.2. The zero-order chi connectivity index (χ0) is 15.5. The van der Waals surface area contributed by atoms with E-state index >= 15 is 0 Å². The number of benzene rings is 1. The van der Waals surface area contributed by atoms with Gasteiger partial charge < -0.3 is 14.8 Å². The molecular formula is C13H14BF3N2O2. The Balaban J connectivity index is 2.12. The summed E-state index contributed by atoms with van der Waals surface area (Å²) in [6.07, 6.45) is -2.46. The van der Waals surface area contributed by atoms with Gasteiger partial charge in [0.1, 0.15) is 11.5 Å². The molecule has 1 aromatic rings. The maximum Gasteiger partial charge on any atom is 0.573 e. The first-order valence-electron chi connectivity index (χ1n) is 6.50. The van der Waals surface area contributed by atoms with Crippen LogP contribution in [-0.4, -0.2) is 26.2 Å². The van der Waals surface area contributed by atoms with E-state index in [1.165, 1.54) is 19.2 Å². The van der Waals surface area contributed by atoms with Crippen LogP contribution in [0.1, 0.15) is 6.42 Å². The van der Waals surface area contributed by atoms with Crippen LogP contribution < -0.4 is 14.8 Å². The van der Waals surface area contributed by atoms with Crippen LogP contribution in [0.5, 0.6) is 11.5 Å². The number of hydrogen-bond donors (Lipinski definition) is 1. The monoisotopic (exact) mass is 298 g/mol. The average molecular weight is 298 g/mol. The summed E-state index contributed by atoms with van der Waals surface area (Å²) in [7, 11) is 1.37. The summed E-state index contributed by atoms with van der Waals surface area (Å²) in [6, 6.07) is 4.12. The second-order valence-electron chi connectivity index (χ2n) is 4.93. The molecule has 1 unspecified atom stereocenters. The third-order valence-corrected chi connectivity index (χ3v) is 3.34. The molecule has 1 saturated heterocycles. The Labute approximate surface area is 120 Å². The van der Waals surface area contributed by atoms with Crippen molar-refractivity contribution in [1.29, 1.82) is 5.26 Å². The van der Waals surface area contributed by atoms with Gasteiger partial charge in [0.25, 0.3) is 6.71 Å². The van der Waals surface area contributed by atoms with E-state index in [-0.39, 0.29) is 24.3 Å². The van der Waals surface area contributed by atoms with E-state index in [2.05, 4.69) is 16.0 Å².